The van der Waals surface area contributed by atoms with Crippen molar-refractivity contribution in [1.82, 2.24) is 10.3 Å². The highest BCUT2D eigenvalue weighted by Crippen LogP contribution is 2.25. The van der Waals surface area contributed by atoms with Crippen molar-refractivity contribution in [3.63, 3.8) is 0 Å². The van der Waals surface area contributed by atoms with Gasteiger partial charge in [-0.2, -0.15) is 5.26 Å². The quantitative estimate of drug-likeness (QED) is 0.814. The Morgan fingerprint density at radius 3 is 2.89 bits per heavy atom. The summed E-state index contributed by atoms with van der Waals surface area (Å²) in [6.07, 6.45) is 1.49. The minimum Gasteiger partial charge on any atom is -0.308 e. The van der Waals surface area contributed by atoms with Gasteiger partial charge in [-0.15, -0.1) is 11.3 Å². The minimum absolute atomic E-state index is 0.237. The number of thiazole rings is 1. The summed E-state index contributed by atoms with van der Waals surface area (Å²) in [6.45, 7) is 2.97. The molecule has 19 heavy (non-hydrogen) atoms. The number of hydrogen-bond donors (Lipinski definition) is 1. The fourth-order valence-electron chi connectivity index (χ4n) is 1.80. The smallest absolute Gasteiger partial charge is 0.110 e. The number of nitrogens with one attached hydrogen (secondary N) is 1. The average molecular weight is 271 g/mol. The molecule has 0 amide bonds. The molecule has 1 heterocycles. The van der Waals surface area contributed by atoms with Gasteiger partial charge in [-0.25, -0.2) is 4.98 Å². The van der Waals surface area contributed by atoms with E-state index in [0.29, 0.717) is 6.42 Å². The summed E-state index contributed by atoms with van der Waals surface area (Å²) in [5, 5.41) is 15.1. The molecule has 0 aliphatic carbocycles. The number of unbranched alkanes of at least 4 members (excludes halogenated alkanes) is 1. The summed E-state index contributed by atoms with van der Waals surface area (Å²) in [4.78, 5) is 4.67. The fraction of sp³-hybridized carbons (Fsp3) is 0.333. The van der Waals surface area contributed by atoms with Crippen LogP contribution in [0.3, 0.4) is 0 Å². The molecule has 1 aromatic heterocycles. The van der Waals surface area contributed by atoms with Crippen LogP contribution in [0.2, 0.25) is 0 Å². The SMILES string of the molecule is C[C@H](NCCCC#N)c1nc(-c2ccccc2)cs1. The predicted octanol–water partition coefficient (Wildman–Crippen LogP) is 3.76. The van der Waals surface area contributed by atoms with Gasteiger partial charge in [0.15, 0.2) is 0 Å². The Labute approximate surface area is 117 Å². The first-order valence-electron chi connectivity index (χ1n) is 6.42. The molecule has 0 aliphatic rings. The van der Waals surface area contributed by atoms with E-state index in [4.69, 9.17) is 5.26 Å². The van der Waals surface area contributed by atoms with E-state index in [2.05, 4.69) is 40.8 Å². The van der Waals surface area contributed by atoms with Gasteiger partial charge < -0.3 is 5.32 Å². The standard InChI is InChI=1S/C15H17N3S/c1-12(17-10-6-5-9-16)15-18-14(11-19-15)13-7-3-2-4-8-13/h2-4,7-8,11-12,17H,5-6,10H2,1H3/t12-/m0/s1. The van der Waals surface area contributed by atoms with Gasteiger partial charge in [0.25, 0.3) is 0 Å². The molecule has 3 nitrogen and oxygen atoms in total. The molecule has 0 aliphatic heterocycles. The van der Waals surface area contributed by atoms with E-state index in [1.807, 2.05) is 18.2 Å². The lowest BCUT2D eigenvalue weighted by Gasteiger charge is -2.09. The van der Waals surface area contributed by atoms with Crippen LogP contribution in [-0.2, 0) is 0 Å². The highest BCUT2D eigenvalue weighted by Gasteiger charge is 2.10. The van der Waals surface area contributed by atoms with Crippen molar-refractivity contribution in [3.05, 3.63) is 40.7 Å². The summed E-state index contributed by atoms with van der Waals surface area (Å²) >= 11 is 1.68. The Morgan fingerprint density at radius 2 is 2.16 bits per heavy atom. The molecule has 0 spiro atoms. The third kappa shape index (κ3) is 3.88. The van der Waals surface area contributed by atoms with Crippen LogP contribution < -0.4 is 5.32 Å². The van der Waals surface area contributed by atoms with E-state index in [9.17, 15) is 0 Å². The molecule has 98 valence electrons. The zero-order chi connectivity index (χ0) is 13.5. The lowest BCUT2D eigenvalue weighted by molar-refractivity contribution is 0.560. The molecule has 0 radical (unpaired) electrons. The van der Waals surface area contributed by atoms with Crippen molar-refractivity contribution in [1.29, 1.82) is 5.26 Å². The molecule has 2 rings (SSSR count). The summed E-state index contributed by atoms with van der Waals surface area (Å²) in [5.74, 6) is 0. The lowest BCUT2D eigenvalue weighted by Crippen LogP contribution is -2.19. The van der Waals surface area contributed by atoms with Crippen molar-refractivity contribution in [2.45, 2.75) is 25.8 Å². The Kier molecular flexibility index (Phi) is 5.08. The number of nitrogens with zero attached hydrogens (tertiary/aromatic N) is 2. The zero-order valence-electron chi connectivity index (χ0n) is 11.0. The van der Waals surface area contributed by atoms with Crippen molar-refractivity contribution in [2.24, 2.45) is 0 Å². The van der Waals surface area contributed by atoms with Gasteiger partial charge in [-0.1, -0.05) is 30.3 Å². The van der Waals surface area contributed by atoms with Gasteiger partial charge in [0.2, 0.25) is 0 Å². The summed E-state index contributed by atoms with van der Waals surface area (Å²) in [5.41, 5.74) is 2.19. The highest BCUT2D eigenvalue weighted by atomic mass is 32.1. The first-order valence-corrected chi connectivity index (χ1v) is 7.30. The fourth-order valence-corrected chi connectivity index (χ4v) is 2.66. The van der Waals surface area contributed by atoms with E-state index in [1.54, 1.807) is 11.3 Å². The maximum atomic E-state index is 8.49. The Balaban J connectivity index is 1.95. The lowest BCUT2D eigenvalue weighted by atomic mass is 10.2. The molecule has 4 heteroatoms. The molecule has 1 aromatic carbocycles. The Morgan fingerprint density at radius 1 is 1.37 bits per heavy atom. The normalized spacial score (nSPS) is 12.0. The summed E-state index contributed by atoms with van der Waals surface area (Å²) in [6, 6.07) is 12.6. The first kappa shape index (κ1) is 13.7. The van der Waals surface area contributed by atoms with E-state index >= 15 is 0 Å². The van der Waals surface area contributed by atoms with Crippen LogP contribution in [0.4, 0.5) is 0 Å². The van der Waals surface area contributed by atoms with Gasteiger partial charge in [-0.3, -0.25) is 0 Å². The zero-order valence-corrected chi connectivity index (χ0v) is 11.8. The maximum absolute atomic E-state index is 8.49. The van der Waals surface area contributed by atoms with Crippen LogP contribution in [0.25, 0.3) is 11.3 Å². The minimum atomic E-state index is 0.237. The molecule has 0 saturated carbocycles. The van der Waals surface area contributed by atoms with Crippen molar-refractivity contribution in [2.75, 3.05) is 6.54 Å². The van der Waals surface area contributed by atoms with E-state index < -0.39 is 0 Å². The molecule has 0 saturated heterocycles. The van der Waals surface area contributed by atoms with Gasteiger partial charge in [0, 0.05) is 17.4 Å². The van der Waals surface area contributed by atoms with Crippen LogP contribution in [0.15, 0.2) is 35.7 Å². The van der Waals surface area contributed by atoms with Crippen molar-refractivity contribution in [3.8, 4) is 17.3 Å². The molecule has 1 N–H and O–H groups in total. The van der Waals surface area contributed by atoms with Crippen LogP contribution >= 0.6 is 11.3 Å². The number of nitriles is 1. The predicted molar refractivity (Wildman–Crippen MR) is 78.8 cm³/mol. The second-order valence-electron chi connectivity index (χ2n) is 4.37. The molecule has 0 bridgehead atoms. The number of benzene rings is 1. The highest BCUT2D eigenvalue weighted by molar-refractivity contribution is 7.10. The molecule has 2 aromatic rings. The topological polar surface area (TPSA) is 48.7 Å². The monoisotopic (exact) mass is 271 g/mol. The van der Waals surface area contributed by atoms with Crippen LogP contribution in [0.1, 0.15) is 30.8 Å². The second kappa shape index (κ2) is 7.03. The average Bonchev–Trinajstić information content (AvgIpc) is 2.94. The molecular formula is C15H17N3S. The third-order valence-corrected chi connectivity index (χ3v) is 3.91. The van der Waals surface area contributed by atoms with Gasteiger partial charge >= 0.3 is 0 Å². The maximum Gasteiger partial charge on any atom is 0.110 e. The third-order valence-electron chi connectivity index (χ3n) is 2.88. The van der Waals surface area contributed by atoms with Gasteiger partial charge in [-0.05, 0) is 19.9 Å². The molecule has 1 atom stereocenters. The van der Waals surface area contributed by atoms with Gasteiger partial charge in [0.1, 0.15) is 5.01 Å². The first-order chi connectivity index (χ1) is 9.31. The van der Waals surface area contributed by atoms with E-state index in [0.717, 1.165) is 29.2 Å². The van der Waals surface area contributed by atoms with Gasteiger partial charge in [0.05, 0.1) is 17.8 Å². The largest absolute Gasteiger partial charge is 0.308 e. The number of hydrogen-bond acceptors (Lipinski definition) is 4. The van der Waals surface area contributed by atoms with Crippen LogP contribution in [0.5, 0.6) is 0 Å². The number of aromatic nitrogens is 1. The Hall–Kier alpha value is -1.70. The van der Waals surface area contributed by atoms with Crippen LogP contribution in [-0.4, -0.2) is 11.5 Å². The summed E-state index contributed by atoms with van der Waals surface area (Å²) < 4.78 is 0. The van der Waals surface area contributed by atoms with Crippen molar-refractivity contribution < 1.29 is 0 Å². The van der Waals surface area contributed by atoms with Crippen LogP contribution in [0, 0.1) is 11.3 Å². The molecule has 0 fully saturated rings. The Bertz CT molecular complexity index is 542. The van der Waals surface area contributed by atoms with E-state index in [1.165, 1.54) is 0 Å². The van der Waals surface area contributed by atoms with Crippen molar-refractivity contribution >= 4 is 11.3 Å². The summed E-state index contributed by atoms with van der Waals surface area (Å²) in [7, 11) is 0. The molecular weight excluding hydrogens is 254 g/mol. The number of rotatable bonds is 6. The molecule has 0 unspecified atom stereocenters. The van der Waals surface area contributed by atoms with E-state index in [-0.39, 0.29) is 6.04 Å². The second-order valence-corrected chi connectivity index (χ2v) is 5.26.